The van der Waals surface area contributed by atoms with Crippen LogP contribution in [0, 0.1) is 5.92 Å². The van der Waals surface area contributed by atoms with Crippen LogP contribution in [0.15, 0.2) is 0 Å². The van der Waals surface area contributed by atoms with Gasteiger partial charge < -0.3 is 25.6 Å². The lowest BCUT2D eigenvalue weighted by atomic mass is 10.0. The molecule has 0 bridgehead atoms. The Hall–Kier alpha value is -0.850. The number of rotatable bonds is 4. The molecule has 3 unspecified atom stereocenters. The summed E-state index contributed by atoms with van der Waals surface area (Å²) < 4.78 is 5.32. The number of carbonyl (C=O) groups excluding carboxylic acids is 1. The summed E-state index contributed by atoms with van der Waals surface area (Å²) in [7, 11) is 1.50. The SMILES string of the molecule is CC.CCCN1CC2CC2(NC(=O)OC(C)(C)C)C1.CCN1CCCCC1C.CN. The largest absolute Gasteiger partial charge is 0.444 e. The van der Waals surface area contributed by atoms with E-state index in [0.717, 1.165) is 32.1 Å². The van der Waals surface area contributed by atoms with Crippen LogP contribution in [0.2, 0.25) is 0 Å². The van der Waals surface area contributed by atoms with E-state index in [1.807, 2.05) is 34.6 Å². The Morgan fingerprint density at radius 2 is 1.83 bits per heavy atom. The number of carbonyl (C=O) groups is 1. The number of hydrogen-bond donors (Lipinski definition) is 2. The summed E-state index contributed by atoms with van der Waals surface area (Å²) in [5.74, 6) is 0.640. The average molecular weight is 429 g/mol. The number of amides is 1. The molecule has 2 heterocycles. The smallest absolute Gasteiger partial charge is 0.408 e. The lowest BCUT2D eigenvalue weighted by molar-refractivity contribution is 0.0492. The summed E-state index contributed by atoms with van der Waals surface area (Å²) >= 11 is 0. The number of nitrogens with two attached hydrogens (primary N) is 1. The molecule has 0 radical (unpaired) electrons. The molecule has 3 aliphatic rings. The average Bonchev–Trinajstić information content (AvgIpc) is 3.24. The van der Waals surface area contributed by atoms with Gasteiger partial charge in [-0.15, -0.1) is 0 Å². The van der Waals surface area contributed by atoms with E-state index < -0.39 is 5.60 Å². The number of likely N-dealkylation sites (tertiary alicyclic amines) is 2. The van der Waals surface area contributed by atoms with Gasteiger partial charge in [0.2, 0.25) is 0 Å². The standard InChI is InChI=1S/C13H24N2O2.C8H17N.C2H6.CH5N/c1-5-6-15-8-10-7-13(10,9-15)14-11(16)17-12(2,3)4;1-3-9-7-5-4-6-8(9)2;2*1-2/h10H,5-9H2,1-4H3,(H,14,16);8H,3-7H2,1-2H3;1-2H3;2H2,1H3. The molecule has 0 spiro atoms. The van der Waals surface area contributed by atoms with Crippen LogP contribution in [0.5, 0.6) is 0 Å². The summed E-state index contributed by atoms with van der Waals surface area (Å²) in [6.07, 6.45) is 6.30. The fourth-order valence-corrected chi connectivity index (χ4v) is 4.40. The zero-order valence-corrected chi connectivity index (χ0v) is 21.5. The van der Waals surface area contributed by atoms with Gasteiger partial charge in [0.1, 0.15) is 5.60 Å². The first-order chi connectivity index (χ1) is 14.2. The number of ether oxygens (including phenoxy) is 1. The van der Waals surface area contributed by atoms with E-state index >= 15 is 0 Å². The molecule has 1 amide bonds. The molecular weight excluding hydrogens is 376 g/mol. The van der Waals surface area contributed by atoms with Gasteiger partial charge in [0.15, 0.2) is 0 Å². The van der Waals surface area contributed by atoms with Gasteiger partial charge in [0, 0.05) is 19.1 Å². The summed E-state index contributed by atoms with van der Waals surface area (Å²) in [6, 6.07) is 0.851. The van der Waals surface area contributed by atoms with Crippen molar-refractivity contribution in [2.45, 2.75) is 105 Å². The number of alkyl carbamates (subject to hydrolysis) is 1. The van der Waals surface area contributed by atoms with Gasteiger partial charge in [0.05, 0.1) is 5.54 Å². The number of piperidine rings is 2. The molecule has 6 nitrogen and oxygen atoms in total. The molecule has 3 fully saturated rings. The highest BCUT2D eigenvalue weighted by molar-refractivity contribution is 5.70. The second-order valence-electron chi connectivity index (χ2n) is 9.39. The molecule has 6 heteroatoms. The number of nitrogens with zero attached hydrogens (tertiary/aromatic N) is 2. The van der Waals surface area contributed by atoms with Crippen molar-refractivity contribution >= 4 is 6.09 Å². The van der Waals surface area contributed by atoms with Crippen molar-refractivity contribution < 1.29 is 9.53 Å². The molecule has 0 aromatic rings. The zero-order chi connectivity index (χ0) is 23.4. The third-order valence-electron chi connectivity index (χ3n) is 5.85. The highest BCUT2D eigenvalue weighted by Crippen LogP contribution is 2.49. The summed E-state index contributed by atoms with van der Waals surface area (Å²) in [5.41, 5.74) is 4.12. The van der Waals surface area contributed by atoms with Crippen molar-refractivity contribution in [2.75, 3.05) is 39.8 Å². The van der Waals surface area contributed by atoms with Gasteiger partial charge in [-0.1, -0.05) is 34.1 Å². The Balaban J connectivity index is 0.000000547. The highest BCUT2D eigenvalue weighted by Gasteiger charge is 2.61. The third kappa shape index (κ3) is 9.97. The van der Waals surface area contributed by atoms with Gasteiger partial charge in [-0.2, -0.15) is 0 Å². The van der Waals surface area contributed by atoms with E-state index in [0.29, 0.717) is 5.92 Å². The minimum atomic E-state index is -0.410. The van der Waals surface area contributed by atoms with Crippen LogP contribution in [0.1, 0.15) is 87.5 Å². The Morgan fingerprint density at radius 1 is 1.20 bits per heavy atom. The fourth-order valence-electron chi connectivity index (χ4n) is 4.40. The molecule has 1 saturated carbocycles. The van der Waals surface area contributed by atoms with Crippen molar-refractivity contribution in [3.8, 4) is 0 Å². The lowest BCUT2D eigenvalue weighted by Gasteiger charge is -2.31. The van der Waals surface area contributed by atoms with Crippen LogP contribution in [0.3, 0.4) is 0 Å². The maximum absolute atomic E-state index is 11.8. The maximum Gasteiger partial charge on any atom is 0.408 e. The minimum absolute atomic E-state index is 0.0253. The fraction of sp³-hybridized carbons (Fsp3) is 0.958. The molecule has 2 aliphatic heterocycles. The Kier molecular flexibility index (Phi) is 13.9. The number of fused-ring (bicyclic) bond motifs is 1. The van der Waals surface area contributed by atoms with Crippen molar-refractivity contribution in [2.24, 2.45) is 11.7 Å². The van der Waals surface area contributed by atoms with Crippen molar-refractivity contribution in [1.29, 1.82) is 0 Å². The Labute approximate surface area is 187 Å². The first kappa shape index (κ1) is 29.1. The van der Waals surface area contributed by atoms with Crippen LogP contribution in [0.25, 0.3) is 0 Å². The molecule has 3 N–H and O–H groups in total. The van der Waals surface area contributed by atoms with Crippen LogP contribution in [-0.2, 0) is 4.74 Å². The monoisotopic (exact) mass is 428 g/mol. The Morgan fingerprint density at radius 3 is 2.30 bits per heavy atom. The van der Waals surface area contributed by atoms with Gasteiger partial charge in [-0.3, -0.25) is 0 Å². The van der Waals surface area contributed by atoms with E-state index in [-0.39, 0.29) is 11.6 Å². The van der Waals surface area contributed by atoms with Crippen LogP contribution in [0.4, 0.5) is 4.79 Å². The first-order valence-electron chi connectivity index (χ1n) is 12.2. The minimum Gasteiger partial charge on any atom is -0.444 e. The predicted molar refractivity (Wildman–Crippen MR) is 129 cm³/mol. The highest BCUT2D eigenvalue weighted by atomic mass is 16.6. The topological polar surface area (TPSA) is 70.8 Å². The summed E-state index contributed by atoms with van der Waals surface area (Å²) in [5, 5.41) is 3.07. The first-order valence-corrected chi connectivity index (χ1v) is 12.2. The van der Waals surface area contributed by atoms with E-state index in [9.17, 15) is 4.79 Å². The zero-order valence-electron chi connectivity index (χ0n) is 21.5. The van der Waals surface area contributed by atoms with E-state index in [2.05, 4.69) is 41.6 Å². The second kappa shape index (κ2) is 14.3. The van der Waals surface area contributed by atoms with Crippen molar-refractivity contribution in [3.05, 3.63) is 0 Å². The molecule has 1 aliphatic carbocycles. The molecule has 3 atom stereocenters. The Bertz CT molecular complexity index is 467. The number of hydrogen-bond acceptors (Lipinski definition) is 5. The normalized spacial score (nSPS) is 27.8. The van der Waals surface area contributed by atoms with E-state index in [1.165, 1.54) is 45.8 Å². The van der Waals surface area contributed by atoms with Gasteiger partial charge in [0.25, 0.3) is 0 Å². The number of nitrogens with one attached hydrogen (secondary N) is 1. The molecule has 0 aromatic heterocycles. The second-order valence-corrected chi connectivity index (χ2v) is 9.39. The summed E-state index contributed by atoms with van der Waals surface area (Å²) in [6.45, 7) is 22.3. The van der Waals surface area contributed by atoms with Crippen LogP contribution >= 0.6 is 0 Å². The van der Waals surface area contributed by atoms with Crippen LogP contribution in [-0.4, -0.2) is 72.8 Å². The van der Waals surface area contributed by atoms with E-state index in [4.69, 9.17) is 4.74 Å². The van der Waals surface area contributed by atoms with Crippen LogP contribution < -0.4 is 11.1 Å². The quantitative estimate of drug-likeness (QED) is 0.691. The molecule has 2 saturated heterocycles. The predicted octanol–water partition coefficient (Wildman–Crippen LogP) is 4.48. The maximum atomic E-state index is 11.8. The van der Waals surface area contributed by atoms with Gasteiger partial charge in [-0.05, 0) is 86.0 Å². The molecule has 180 valence electrons. The van der Waals surface area contributed by atoms with Gasteiger partial charge in [-0.25, -0.2) is 4.79 Å². The summed E-state index contributed by atoms with van der Waals surface area (Å²) in [4.78, 5) is 16.8. The lowest BCUT2D eigenvalue weighted by Crippen LogP contribution is -2.44. The molecule has 30 heavy (non-hydrogen) atoms. The molecule has 3 rings (SSSR count). The molecular formula is C24H52N4O2. The molecule has 0 aromatic carbocycles. The van der Waals surface area contributed by atoms with Crippen molar-refractivity contribution in [3.63, 3.8) is 0 Å². The van der Waals surface area contributed by atoms with E-state index in [1.54, 1.807) is 0 Å². The third-order valence-corrected chi connectivity index (χ3v) is 5.85. The van der Waals surface area contributed by atoms with Crippen molar-refractivity contribution in [1.82, 2.24) is 15.1 Å². The van der Waals surface area contributed by atoms with Gasteiger partial charge >= 0.3 is 6.09 Å².